The molecule has 3 aliphatic rings. The normalized spacial score (nSPS) is 18.4. The first-order valence-electron chi connectivity index (χ1n) is 15.1. The molecule has 24 heteroatoms. The molecule has 0 unspecified atom stereocenters. The number of urea groups is 2. The zero-order chi connectivity index (χ0) is 34.3. The van der Waals surface area contributed by atoms with Crippen molar-refractivity contribution < 1.29 is 9.59 Å². The fourth-order valence-corrected chi connectivity index (χ4v) is 5.54. The van der Waals surface area contributed by atoms with Gasteiger partial charge in [0.1, 0.15) is 11.6 Å². The van der Waals surface area contributed by atoms with E-state index in [4.69, 9.17) is 69.6 Å². The number of carbonyl (C=O) groups is 2. The highest BCUT2D eigenvalue weighted by Gasteiger charge is 2.46. The molecule has 4 amide bonds. The van der Waals surface area contributed by atoms with Crippen molar-refractivity contribution >= 4 is 134 Å². The molecule has 1 aliphatic carbocycles. The maximum Gasteiger partial charge on any atom is 0.326 e. The van der Waals surface area contributed by atoms with Gasteiger partial charge in [0.25, 0.3) is 0 Å². The quantitative estimate of drug-likeness (QED) is 0.295. The van der Waals surface area contributed by atoms with Crippen molar-refractivity contribution in [3.05, 3.63) is 35.1 Å². The number of carbonyl (C=O) groups excluding carboxylic acids is 2. The summed E-state index contributed by atoms with van der Waals surface area (Å²) in [5, 5.41) is 3.13. The lowest BCUT2D eigenvalue weighted by molar-refractivity contribution is 0.218. The molecule has 0 spiro atoms. The zero-order valence-electron chi connectivity index (χ0n) is 27.2. The molecular weight excluding hydrogens is 621 g/mol. The Morgan fingerprint density at radius 2 is 1.36 bits per heavy atom. The molecule has 2 aromatic heterocycles. The second-order valence-electron chi connectivity index (χ2n) is 12.1. The third-order valence-electron chi connectivity index (χ3n) is 7.98. The first-order chi connectivity index (χ1) is 21.7. The summed E-state index contributed by atoms with van der Waals surface area (Å²) in [6, 6.07) is 4.04. The second-order valence-corrected chi connectivity index (χ2v) is 12.8. The Labute approximate surface area is 301 Å². The van der Waals surface area contributed by atoms with Crippen molar-refractivity contribution in [2.45, 2.75) is 58.7 Å². The van der Waals surface area contributed by atoms with Crippen molar-refractivity contribution in [2.24, 2.45) is 11.8 Å². The number of anilines is 2. The zero-order valence-corrected chi connectivity index (χ0v) is 28.7. The minimum absolute atomic E-state index is 0. The predicted octanol–water partition coefficient (Wildman–Crippen LogP) is -0.326. The maximum absolute atomic E-state index is 12.6. The Hall–Kier alpha value is -1.94. The summed E-state index contributed by atoms with van der Waals surface area (Å²) in [6.07, 6.45) is 3.23. The van der Waals surface area contributed by atoms with Gasteiger partial charge in [0.15, 0.2) is 0 Å². The Morgan fingerprint density at radius 3 is 1.74 bits per heavy atom. The van der Waals surface area contributed by atoms with Gasteiger partial charge in [-0.15, -0.1) is 0 Å². The van der Waals surface area contributed by atoms with E-state index in [0.717, 1.165) is 19.4 Å². The molecule has 2 atom stereocenters. The molecule has 47 heavy (non-hydrogen) atoms. The summed E-state index contributed by atoms with van der Waals surface area (Å²) in [5.41, 5.74) is 0. The Bertz CT molecular complexity index is 1310. The van der Waals surface area contributed by atoms with Gasteiger partial charge < -0.3 is 10.2 Å². The summed E-state index contributed by atoms with van der Waals surface area (Å²) in [6.45, 7) is 9.82. The molecule has 1 saturated carbocycles. The molecule has 1 N–H and O–H groups in total. The third-order valence-corrected chi connectivity index (χ3v) is 8.34. The van der Waals surface area contributed by atoms with E-state index < -0.39 is 19.2 Å². The van der Waals surface area contributed by atoms with Crippen LogP contribution in [0.3, 0.4) is 0 Å². The van der Waals surface area contributed by atoms with Crippen LogP contribution in [0.1, 0.15) is 40.5 Å². The van der Waals surface area contributed by atoms with E-state index >= 15 is 0 Å². The van der Waals surface area contributed by atoms with Crippen LogP contribution in [-0.2, 0) is 0 Å². The van der Waals surface area contributed by atoms with Gasteiger partial charge in [0.2, 0.25) is 10.6 Å². The average Bonchev–Trinajstić information content (AvgIpc) is 3.65. The highest BCUT2D eigenvalue weighted by atomic mass is 35.5. The average molecular weight is 651 g/mol. The van der Waals surface area contributed by atoms with E-state index in [1.807, 2.05) is 4.90 Å². The van der Waals surface area contributed by atoms with Crippen LogP contribution in [0.25, 0.3) is 0 Å². The molecule has 224 valence electrons. The molecule has 16 radical (unpaired) electrons. The lowest BCUT2D eigenvalue weighted by atomic mass is 8.56. The van der Waals surface area contributed by atoms with Crippen molar-refractivity contribution in [1.82, 2.24) is 30.2 Å². The highest BCUT2D eigenvalue weighted by Crippen LogP contribution is 2.35. The number of hydrogen-bond acceptors (Lipinski definition) is 6. The standard InChI is InChI=1S/C13H17ClN4O.C10H13ClN4O.B11.B/c1-8(2)10-7-17(9-3-4-9)13(19)18(10)11-5-6-15-12(14)16-11;1-6(2)7-5-13-10(16)15(7)8-3-4-12-9(11)14-8;1-7-10(6)11(8(2)3)9(4)5;/h5-6,8-10H,3-4,7H2,1-2H3;3-4,6-7H,5H2,1-2H3,(H,13,16);;/t10-;7-;;/m11../s1. The van der Waals surface area contributed by atoms with Gasteiger partial charge in [-0.3, -0.25) is 9.80 Å². The number of rotatable bonds is 9. The van der Waals surface area contributed by atoms with Crippen molar-refractivity contribution in [1.29, 1.82) is 0 Å². The van der Waals surface area contributed by atoms with Gasteiger partial charge in [0, 0.05) is 119 Å². The van der Waals surface area contributed by atoms with Gasteiger partial charge in [0.05, 0.1) is 12.1 Å². The van der Waals surface area contributed by atoms with Crippen LogP contribution in [0.4, 0.5) is 21.2 Å². The van der Waals surface area contributed by atoms with E-state index in [1.54, 1.807) is 34.3 Å². The fraction of sp³-hybridized carbons (Fsp3) is 0.565. The molecule has 3 fully saturated rings. The van der Waals surface area contributed by atoms with E-state index in [9.17, 15) is 9.59 Å². The summed E-state index contributed by atoms with van der Waals surface area (Å²) in [5.74, 6) is 1.88. The van der Waals surface area contributed by atoms with E-state index in [2.05, 4.69) is 52.9 Å². The summed E-state index contributed by atoms with van der Waals surface area (Å²) >= 11 is 11.6. The Balaban J connectivity index is 0.000000252. The number of hydrogen-bond donors (Lipinski definition) is 1. The molecule has 2 aliphatic heterocycles. The molecule has 5 rings (SSSR count). The van der Waals surface area contributed by atoms with Crippen LogP contribution in [0.5, 0.6) is 0 Å². The molecule has 10 nitrogen and oxygen atoms in total. The predicted molar refractivity (Wildman–Crippen MR) is 204 cm³/mol. The van der Waals surface area contributed by atoms with Gasteiger partial charge >= 0.3 is 12.1 Å². The van der Waals surface area contributed by atoms with Gasteiger partial charge in [-0.25, -0.2) is 29.5 Å². The monoisotopic (exact) mass is 652 g/mol. The first-order valence-corrected chi connectivity index (χ1v) is 15.9. The molecule has 2 aromatic rings. The van der Waals surface area contributed by atoms with E-state index in [-0.39, 0.29) is 49.5 Å². The number of halogens is 2. The van der Waals surface area contributed by atoms with Crippen LogP contribution in [0.2, 0.25) is 10.6 Å². The maximum atomic E-state index is 12.6. The SMILES string of the molecule is CC(C)[C@H]1CN(C2CC2)C(=O)N1c1ccnc(Cl)n1.CC(C)[C@H]1CNC(=O)N1c1ccnc(Cl)n1.[B].[B][B]B([B])B(B([B])[B])B([B])[B]. The molecule has 0 aromatic carbocycles. The van der Waals surface area contributed by atoms with Crippen molar-refractivity contribution in [2.75, 3.05) is 22.9 Å². The molecule has 0 bridgehead atoms. The number of nitrogens with zero attached hydrogens (tertiary/aromatic N) is 7. The summed E-state index contributed by atoms with van der Waals surface area (Å²) in [4.78, 5) is 45.6. The largest absolute Gasteiger partial charge is 0.336 e. The van der Waals surface area contributed by atoms with E-state index in [0.29, 0.717) is 36.1 Å². The number of nitrogens with one attached hydrogen (secondary N) is 1. The van der Waals surface area contributed by atoms with Crippen molar-refractivity contribution in [3.63, 3.8) is 0 Å². The van der Waals surface area contributed by atoms with Crippen LogP contribution in [-0.4, -0.2) is 156 Å². The molecular formula is C23H30B12Cl2N8O2. The van der Waals surface area contributed by atoms with Crippen LogP contribution in [0, 0.1) is 11.8 Å². The Kier molecular flexibility index (Phi) is 16.4. The topological polar surface area (TPSA) is 107 Å². The van der Waals surface area contributed by atoms with E-state index in [1.165, 1.54) is 7.06 Å². The number of amides is 4. The fourth-order valence-electron chi connectivity index (χ4n) is 5.26. The van der Waals surface area contributed by atoms with Crippen LogP contribution >= 0.6 is 23.2 Å². The lowest BCUT2D eigenvalue weighted by Gasteiger charge is -2.25. The smallest absolute Gasteiger partial charge is 0.326 e. The van der Waals surface area contributed by atoms with Crippen molar-refractivity contribution in [3.8, 4) is 0 Å². The first kappa shape index (κ1) is 41.2. The van der Waals surface area contributed by atoms with Crippen LogP contribution < -0.4 is 15.1 Å². The summed E-state index contributed by atoms with van der Waals surface area (Å²) < 4.78 is 0. The Morgan fingerprint density at radius 1 is 0.872 bits per heavy atom. The minimum atomic E-state index is -0.648. The molecule has 2 saturated heterocycles. The van der Waals surface area contributed by atoms with Crippen LogP contribution in [0.15, 0.2) is 24.5 Å². The van der Waals surface area contributed by atoms with Gasteiger partial charge in [-0.2, -0.15) is 0 Å². The highest BCUT2D eigenvalue weighted by molar-refractivity contribution is 8.01. The summed E-state index contributed by atoms with van der Waals surface area (Å²) in [7, 11) is 33.5. The van der Waals surface area contributed by atoms with Gasteiger partial charge in [-0.1, -0.05) is 27.7 Å². The third kappa shape index (κ3) is 11.0. The molecule has 4 heterocycles. The van der Waals surface area contributed by atoms with Gasteiger partial charge in [-0.05, 0) is 60.0 Å². The lowest BCUT2D eigenvalue weighted by Crippen LogP contribution is -2.63. The second kappa shape index (κ2) is 18.7. The minimum Gasteiger partial charge on any atom is -0.336 e. The number of aromatic nitrogens is 4.